The second-order valence-corrected chi connectivity index (χ2v) is 15.5. The van der Waals surface area contributed by atoms with Crippen LogP contribution in [0.15, 0.2) is 71.9 Å². The van der Waals surface area contributed by atoms with Crippen LogP contribution in [-0.4, -0.2) is 71.0 Å². The van der Waals surface area contributed by atoms with Crippen molar-refractivity contribution in [3.05, 3.63) is 95.2 Å². The SMILES string of the molecule is COC(=O)C(c1ccc(S(C)(=O)=O)cc1)c1nc(-c2cnn(C)c2)c(C2CC2)c(N(Cc2ccc(OC)cc2)c2cc(C)n(C3CCCCO3)n2)n1. The van der Waals surface area contributed by atoms with Gasteiger partial charge in [-0.2, -0.15) is 10.2 Å². The number of aromatic nitrogens is 6. The van der Waals surface area contributed by atoms with Crippen LogP contribution in [0.5, 0.6) is 5.75 Å². The molecule has 52 heavy (non-hydrogen) atoms. The Morgan fingerprint density at radius 3 is 2.38 bits per heavy atom. The fourth-order valence-electron chi connectivity index (χ4n) is 6.73. The van der Waals surface area contributed by atoms with E-state index in [2.05, 4.69) is 10.00 Å². The van der Waals surface area contributed by atoms with Crippen molar-refractivity contribution in [2.75, 3.05) is 32.0 Å². The first-order valence-corrected chi connectivity index (χ1v) is 19.3. The van der Waals surface area contributed by atoms with E-state index < -0.39 is 21.7 Å². The minimum Gasteiger partial charge on any atom is -0.497 e. The quantitative estimate of drug-likeness (QED) is 0.140. The van der Waals surface area contributed by atoms with Crippen molar-refractivity contribution in [1.29, 1.82) is 0 Å². The lowest BCUT2D eigenvalue weighted by Gasteiger charge is -2.27. The number of hydrogen-bond acceptors (Lipinski definition) is 11. The highest BCUT2D eigenvalue weighted by molar-refractivity contribution is 7.90. The van der Waals surface area contributed by atoms with Gasteiger partial charge in [-0.15, -0.1) is 0 Å². The minimum atomic E-state index is -3.47. The van der Waals surface area contributed by atoms with Gasteiger partial charge < -0.3 is 19.1 Å². The van der Waals surface area contributed by atoms with Gasteiger partial charge in [0.15, 0.2) is 21.9 Å². The molecule has 7 rings (SSSR count). The van der Waals surface area contributed by atoms with Gasteiger partial charge in [0.25, 0.3) is 0 Å². The molecule has 2 aromatic carbocycles. The number of sulfone groups is 1. The maximum atomic E-state index is 13.7. The summed E-state index contributed by atoms with van der Waals surface area (Å²) in [6, 6.07) is 16.1. The molecule has 0 amide bonds. The summed E-state index contributed by atoms with van der Waals surface area (Å²) in [4.78, 5) is 26.3. The van der Waals surface area contributed by atoms with Crippen LogP contribution in [0.4, 0.5) is 11.6 Å². The summed E-state index contributed by atoms with van der Waals surface area (Å²) in [5.74, 6) is 0.798. The van der Waals surface area contributed by atoms with E-state index in [0.29, 0.717) is 36.0 Å². The second-order valence-electron chi connectivity index (χ2n) is 13.5. The number of ether oxygens (including phenoxy) is 3. The van der Waals surface area contributed by atoms with Gasteiger partial charge >= 0.3 is 5.97 Å². The summed E-state index contributed by atoms with van der Waals surface area (Å²) in [5.41, 5.74) is 4.85. The number of methoxy groups -OCH3 is 2. The first kappa shape index (κ1) is 35.3. The lowest BCUT2D eigenvalue weighted by Crippen LogP contribution is -2.25. The number of anilines is 2. The van der Waals surface area contributed by atoms with Crippen molar-refractivity contribution in [1.82, 2.24) is 29.5 Å². The lowest BCUT2D eigenvalue weighted by atomic mass is 9.96. The number of aryl methyl sites for hydroxylation is 2. The Morgan fingerprint density at radius 1 is 1.04 bits per heavy atom. The highest BCUT2D eigenvalue weighted by Gasteiger charge is 2.37. The summed E-state index contributed by atoms with van der Waals surface area (Å²) in [6.07, 6.45) is 9.51. The Hall–Kier alpha value is -5.08. The zero-order valence-corrected chi connectivity index (χ0v) is 30.8. The van der Waals surface area contributed by atoms with Crippen LogP contribution in [-0.2, 0) is 37.7 Å². The molecule has 1 aliphatic heterocycles. The molecule has 1 saturated carbocycles. The lowest BCUT2D eigenvalue weighted by molar-refractivity contribution is -0.141. The number of carbonyl (C=O) groups excluding carboxylic acids is 1. The predicted octanol–water partition coefficient (Wildman–Crippen LogP) is 6.01. The van der Waals surface area contributed by atoms with Gasteiger partial charge in [0.05, 0.1) is 37.6 Å². The molecule has 4 heterocycles. The number of benzene rings is 2. The third-order valence-electron chi connectivity index (χ3n) is 9.61. The first-order chi connectivity index (χ1) is 25.0. The minimum absolute atomic E-state index is 0.139. The summed E-state index contributed by atoms with van der Waals surface area (Å²) < 4.78 is 45.2. The van der Waals surface area contributed by atoms with Crippen molar-refractivity contribution in [3.63, 3.8) is 0 Å². The number of nitrogens with zero attached hydrogens (tertiary/aromatic N) is 7. The van der Waals surface area contributed by atoms with Crippen LogP contribution in [0.25, 0.3) is 11.3 Å². The largest absolute Gasteiger partial charge is 0.497 e. The maximum Gasteiger partial charge on any atom is 0.320 e. The summed E-state index contributed by atoms with van der Waals surface area (Å²) in [5, 5.41) is 9.62. The van der Waals surface area contributed by atoms with Gasteiger partial charge in [0, 0.05) is 49.0 Å². The molecule has 3 aromatic heterocycles. The second kappa shape index (κ2) is 14.5. The molecule has 2 aliphatic rings. The Morgan fingerprint density at radius 2 is 1.79 bits per heavy atom. The molecule has 5 aromatic rings. The zero-order valence-electron chi connectivity index (χ0n) is 30.0. The third kappa shape index (κ3) is 7.30. The summed E-state index contributed by atoms with van der Waals surface area (Å²) in [6.45, 7) is 3.12. The number of esters is 1. The molecule has 2 atom stereocenters. The van der Waals surface area contributed by atoms with E-state index in [1.165, 1.54) is 19.2 Å². The van der Waals surface area contributed by atoms with E-state index in [4.69, 9.17) is 29.3 Å². The van der Waals surface area contributed by atoms with E-state index in [9.17, 15) is 13.2 Å². The van der Waals surface area contributed by atoms with E-state index in [0.717, 1.165) is 66.5 Å². The van der Waals surface area contributed by atoms with Crippen molar-refractivity contribution in [3.8, 4) is 17.0 Å². The van der Waals surface area contributed by atoms with E-state index >= 15 is 0 Å². The fourth-order valence-corrected chi connectivity index (χ4v) is 7.36. The molecule has 1 aliphatic carbocycles. The van der Waals surface area contributed by atoms with Crippen molar-refractivity contribution < 1.29 is 27.4 Å². The monoisotopic (exact) mass is 725 g/mol. The molecular weight excluding hydrogens is 683 g/mol. The molecule has 0 bridgehead atoms. The average molecular weight is 726 g/mol. The van der Waals surface area contributed by atoms with Crippen LogP contribution in [0.2, 0.25) is 0 Å². The van der Waals surface area contributed by atoms with Crippen LogP contribution in [0.3, 0.4) is 0 Å². The van der Waals surface area contributed by atoms with E-state index in [1.807, 2.05) is 55.2 Å². The Bertz CT molecular complexity index is 2170. The summed E-state index contributed by atoms with van der Waals surface area (Å²) >= 11 is 0. The zero-order chi connectivity index (χ0) is 36.6. The Kier molecular flexibility index (Phi) is 9.86. The maximum absolute atomic E-state index is 13.7. The molecule has 0 N–H and O–H groups in total. The first-order valence-electron chi connectivity index (χ1n) is 17.4. The molecule has 0 radical (unpaired) electrons. The highest BCUT2D eigenvalue weighted by Crippen LogP contribution is 2.49. The fraction of sp³-hybridized carbons (Fsp3) is 0.395. The Balaban J connectivity index is 1.46. The number of carbonyl (C=O) groups is 1. The standard InChI is InChI=1S/C38H43N7O6S/c1-24-20-31(42-45(24)32-8-6-7-19-51-32)44(22-25-9-15-29(49-3)16-10-25)37-33(26-11-12-26)35(28-21-39-43(2)23-28)40-36(41-37)34(38(46)50-4)27-13-17-30(18-14-27)52(5,47)48/h9-10,13-18,20-21,23,26,32,34H,6-8,11-12,19,22H2,1-5H3. The van der Waals surface area contributed by atoms with Crippen LogP contribution < -0.4 is 9.64 Å². The molecular formula is C38H43N7O6S. The molecule has 2 fully saturated rings. The van der Waals surface area contributed by atoms with E-state index in [-0.39, 0.29) is 22.9 Å². The van der Waals surface area contributed by atoms with Crippen molar-refractivity contribution in [2.45, 2.75) is 68.5 Å². The number of rotatable bonds is 12. The predicted molar refractivity (Wildman–Crippen MR) is 194 cm³/mol. The molecule has 0 spiro atoms. The smallest absolute Gasteiger partial charge is 0.320 e. The topological polar surface area (TPSA) is 144 Å². The van der Waals surface area contributed by atoms with Gasteiger partial charge in [-0.3, -0.25) is 9.48 Å². The number of hydrogen-bond donors (Lipinski definition) is 0. The normalized spacial score (nSPS) is 16.8. The molecule has 14 heteroatoms. The average Bonchev–Trinajstić information content (AvgIpc) is 3.78. The molecule has 272 valence electrons. The van der Waals surface area contributed by atoms with E-state index in [1.54, 1.807) is 30.1 Å². The molecule has 1 saturated heterocycles. The highest BCUT2D eigenvalue weighted by atomic mass is 32.2. The summed E-state index contributed by atoms with van der Waals surface area (Å²) in [7, 11) is 1.34. The van der Waals surface area contributed by atoms with Gasteiger partial charge in [-0.25, -0.2) is 23.1 Å². The van der Waals surface area contributed by atoms with Crippen molar-refractivity contribution >= 4 is 27.4 Å². The molecule has 2 unspecified atom stereocenters. The third-order valence-corrected chi connectivity index (χ3v) is 10.7. The van der Waals surface area contributed by atoms with Crippen LogP contribution in [0.1, 0.15) is 78.4 Å². The Labute approximate surface area is 303 Å². The van der Waals surface area contributed by atoms with Gasteiger partial charge in [-0.1, -0.05) is 24.3 Å². The van der Waals surface area contributed by atoms with Gasteiger partial charge in [0.1, 0.15) is 23.3 Å². The van der Waals surface area contributed by atoms with Crippen LogP contribution in [0, 0.1) is 6.92 Å². The van der Waals surface area contributed by atoms with Gasteiger partial charge in [-0.05, 0) is 80.3 Å². The van der Waals surface area contributed by atoms with Crippen LogP contribution >= 0.6 is 0 Å². The van der Waals surface area contributed by atoms with Crippen molar-refractivity contribution in [2.24, 2.45) is 7.05 Å². The molecule has 13 nitrogen and oxygen atoms in total. The van der Waals surface area contributed by atoms with Gasteiger partial charge in [0.2, 0.25) is 0 Å².